The van der Waals surface area contributed by atoms with Gasteiger partial charge in [-0.3, -0.25) is 0 Å². The number of nitrogens with one attached hydrogen (secondary N) is 2. The number of carbonyl (C=O) groups excluding carboxylic acids is 1. The van der Waals surface area contributed by atoms with Gasteiger partial charge in [0.2, 0.25) is 0 Å². The predicted octanol–water partition coefficient (Wildman–Crippen LogP) is -0.436. The molecule has 1 atom stereocenters. The number of hydrogen-bond donors (Lipinski definition) is 3. The third-order valence-corrected chi connectivity index (χ3v) is 2.34. The highest BCUT2D eigenvalue weighted by molar-refractivity contribution is 5.85. The second kappa shape index (κ2) is 5.83. The third kappa shape index (κ3) is 4.58. The molecule has 1 rings (SSSR count). The van der Waals surface area contributed by atoms with Crippen LogP contribution in [0.15, 0.2) is 0 Å². The Hall–Kier alpha value is -1.34. The van der Waals surface area contributed by atoms with Crippen LogP contribution in [-0.2, 0) is 14.3 Å². The summed E-state index contributed by atoms with van der Waals surface area (Å²) in [5, 5.41) is 13.7. The number of carboxylic acid groups (broad SMARTS) is 1. The average Bonchev–Trinajstić information content (AvgIpc) is 2.27. The molecule has 0 aliphatic carbocycles. The molecule has 1 saturated heterocycles. The molecule has 1 unspecified atom stereocenters. The van der Waals surface area contributed by atoms with Gasteiger partial charge < -0.3 is 25.2 Å². The van der Waals surface area contributed by atoms with Crippen molar-refractivity contribution >= 4 is 12.0 Å². The van der Waals surface area contributed by atoms with Gasteiger partial charge in [0.1, 0.15) is 5.54 Å². The van der Waals surface area contributed by atoms with E-state index >= 15 is 0 Å². The molecule has 1 heterocycles. The van der Waals surface area contributed by atoms with Gasteiger partial charge in [-0.2, -0.15) is 0 Å². The number of carbonyl (C=O) groups is 2. The van der Waals surface area contributed by atoms with E-state index in [1.807, 2.05) is 0 Å². The van der Waals surface area contributed by atoms with Crippen molar-refractivity contribution in [2.75, 3.05) is 26.4 Å². The molecule has 2 amide bonds. The molecule has 7 heteroatoms. The number of carboxylic acids is 1. The lowest BCUT2D eigenvalue weighted by atomic mass is 10.1. The van der Waals surface area contributed by atoms with E-state index in [1.54, 1.807) is 0 Å². The Balaban J connectivity index is 2.27. The molecule has 0 saturated carbocycles. The van der Waals surface area contributed by atoms with E-state index in [9.17, 15) is 9.59 Å². The molecule has 0 bridgehead atoms. The second-order valence-electron chi connectivity index (χ2n) is 4.33. The highest BCUT2D eigenvalue weighted by Crippen LogP contribution is 2.02. The van der Waals surface area contributed by atoms with Crippen LogP contribution in [0.1, 0.15) is 13.8 Å². The fraction of sp³-hybridized carbons (Fsp3) is 0.800. The maximum absolute atomic E-state index is 11.4. The minimum Gasteiger partial charge on any atom is -0.480 e. The first-order valence-corrected chi connectivity index (χ1v) is 5.40. The Labute approximate surface area is 99.5 Å². The lowest BCUT2D eigenvalue weighted by Crippen LogP contribution is -2.54. The van der Waals surface area contributed by atoms with E-state index < -0.39 is 17.5 Å². The van der Waals surface area contributed by atoms with E-state index in [1.165, 1.54) is 13.8 Å². The van der Waals surface area contributed by atoms with Gasteiger partial charge in [-0.25, -0.2) is 9.59 Å². The number of ether oxygens (including phenoxy) is 2. The minimum absolute atomic E-state index is 0.178. The van der Waals surface area contributed by atoms with Crippen LogP contribution in [0, 0.1) is 0 Å². The molecule has 7 nitrogen and oxygen atoms in total. The largest absolute Gasteiger partial charge is 0.480 e. The second-order valence-corrected chi connectivity index (χ2v) is 4.33. The molecular formula is C10H18N2O5. The van der Waals surface area contributed by atoms with E-state index in [-0.39, 0.29) is 6.10 Å². The Morgan fingerprint density at radius 2 is 2.12 bits per heavy atom. The van der Waals surface area contributed by atoms with Gasteiger partial charge in [-0.05, 0) is 13.8 Å². The smallest absolute Gasteiger partial charge is 0.328 e. The zero-order valence-electron chi connectivity index (χ0n) is 9.99. The summed E-state index contributed by atoms with van der Waals surface area (Å²) in [6, 6.07) is -0.536. The fourth-order valence-electron chi connectivity index (χ4n) is 1.24. The molecular weight excluding hydrogens is 228 g/mol. The van der Waals surface area contributed by atoms with Crippen molar-refractivity contribution in [1.82, 2.24) is 10.6 Å². The first-order valence-electron chi connectivity index (χ1n) is 5.40. The zero-order valence-corrected chi connectivity index (χ0v) is 9.99. The van der Waals surface area contributed by atoms with Crippen molar-refractivity contribution in [2.24, 2.45) is 0 Å². The fourth-order valence-corrected chi connectivity index (χ4v) is 1.24. The molecule has 3 N–H and O–H groups in total. The lowest BCUT2D eigenvalue weighted by Gasteiger charge is -2.25. The Kier molecular flexibility index (Phi) is 4.71. The minimum atomic E-state index is -1.30. The van der Waals surface area contributed by atoms with Gasteiger partial charge in [-0.15, -0.1) is 0 Å². The van der Waals surface area contributed by atoms with Crippen molar-refractivity contribution in [3.63, 3.8) is 0 Å². The molecule has 0 aromatic rings. The quantitative estimate of drug-likeness (QED) is 0.625. The van der Waals surface area contributed by atoms with Crippen LogP contribution in [0.25, 0.3) is 0 Å². The van der Waals surface area contributed by atoms with Crippen LogP contribution >= 0.6 is 0 Å². The highest BCUT2D eigenvalue weighted by Gasteiger charge is 2.29. The molecule has 98 valence electrons. The zero-order chi connectivity index (χ0) is 12.9. The first kappa shape index (κ1) is 13.7. The van der Waals surface area contributed by atoms with Crippen molar-refractivity contribution in [3.8, 4) is 0 Å². The summed E-state index contributed by atoms with van der Waals surface area (Å²) >= 11 is 0. The standard InChI is InChI=1S/C10H18N2O5/c1-10(2,8(13)14)12-9(15)11-5-7-6-16-3-4-17-7/h7H,3-6H2,1-2H3,(H,13,14)(H2,11,12,15). The SMILES string of the molecule is CC(C)(NC(=O)NCC1COCCO1)C(=O)O. The van der Waals surface area contributed by atoms with Crippen LogP contribution < -0.4 is 10.6 Å². The summed E-state index contributed by atoms with van der Waals surface area (Å²) in [5.74, 6) is -1.09. The number of amides is 2. The third-order valence-electron chi connectivity index (χ3n) is 2.34. The lowest BCUT2D eigenvalue weighted by molar-refractivity contribution is -0.142. The van der Waals surface area contributed by atoms with Gasteiger partial charge in [0, 0.05) is 6.54 Å². The summed E-state index contributed by atoms with van der Waals surface area (Å²) in [6.07, 6.45) is -0.178. The van der Waals surface area contributed by atoms with Crippen molar-refractivity contribution in [1.29, 1.82) is 0 Å². The summed E-state index contributed by atoms with van der Waals surface area (Å²) < 4.78 is 10.5. The van der Waals surface area contributed by atoms with E-state index in [0.29, 0.717) is 26.4 Å². The molecule has 17 heavy (non-hydrogen) atoms. The molecule has 0 radical (unpaired) electrons. The summed E-state index contributed by atoms with van der Waals surface area (Å²) in [7, 11) is 0. The molecule has 1 aliphatic heterocycles. The summed E-state index contributed by atoms with van der Waals surface area (Å²) in [6.45, 7) is 4.62. The monoisotopic (exact) mass is 246 g/mol. The topological polar surface area (TPSA) is 96.9 Å². The van der Waals surface area contributed by atoms with Crippen LogP contribution in [0.2, 0.25) is 0 Å². The van der Waals surface area contributed by atoms with Gasteiger partial charge in [-0.1, -0.05) is 0 Å². The molecule has 1 aliphatic rings. The maximum atomic E-state index is 11.4. The molecule has 0 aromatic heterocycles. The van der Waals surface area contributed by atoms with Crippen molar-refractivity contribution in [2.45, 2.75) is 25.5 Å². The average molecular weight is 246 g/mol. The van der Waals surface area contributed by atoms with Crippen LogP contribution in [0.4, 0.5) is 4.79 Å². The molecule has 0 aromatic carbocycles. The van der Waals surface area contributed by atoms with Gasteiger partial charge >= 0.3 is 12.0 Å². The van der Waals surface area contributed by atoms with Gasteiger partial charge in [0.25, 0.3) is 0 Å². The summed E-state index contributed by atoms with van der Waals surface area (Å²) in [5.41, 5.74) is -1.30. The van der Waals surface area contributed by atoms with E-state index in [2.05, 4.69) is 10.6 Å². The van der Waals surface area contributed by atoms with Gasteiger partial charge in [0.05, 0.1) is 25.9 Å². The maximum Gasteiger partial charge on any atom is 0.328 e. The van der Waals surface area contributed by atoms with E-state index in [4.69, 9.17) is 14.6 Å². The molecule has 0 spiro atoms. The van der Waals surface area contributed by atoms with E-state index in [0.717, 1.165) is 0 Å². The van der Waals surface area contributed by atoms with Crippen molar-refractivity contribution in [3.05, 3.63) is 0 Å². The van der Waals surface area contributed by atoms with Crippen LogP contribution in [0.5, 0.6) is 0 Å². The number of urea groups is 1. The normalized spacial score (nSPS) is 20.7. The van der Waals surface area contributed by atoms with Crippen LogP contribution in [0.3, 0.4) is 0 Å². The number of rotatable bonds is 4. The van der Waals surface area contributed by atoms with Crippen molar-refractivity contribution < 1.29 is 24.2 Å². The number of aliphatic carboxylic acids is 1. The molecule has 1 fully saturated rings. The number of hydrogen-bond acceptors (Lipinski definition) is 4. The van der Waals surface area contributed by atoms with Crippen LogP contribution in [-0.4, -0.2) is 55.1 Å². The first-order chi connectivity index (χ1) is 7.92. The van der Waals surface area contributed by atoms with Gasteiger partial charge in [0.15, 0.2) is 0 Å². The predicted molar refractivity (Wildman–Crippen MR) is 58.8 cm³/mol. The Bertz CT molecular complexity index is 286. The Morgan fingerprint density at radius 1 is 1.41 bits per heavy atom. The Morgan fingerprint density at radius 3 is 2.65 bits per heavy atom. The summed E-state index contributed by atoms with van der Waals surface area (Å²) in [4.78, 5) is 22.2. The highest BCUT2D eigenvalue weighted by atomic mass is 16.6.